The standard InChI is InChI=1S/C11H13NO7S/c1-18-9-4-3-7(5-8(9)11(14)15)20(16,17)12-6-10(13)19-2/h3-5,12H,6H2,1-2H3,(H,14,15). The monoisotopic (exact) mass is 303 g/mol. The molecular formula is C11H13NO7S. The first-order chi connectivity index (χ1) is 9.31. The van der Waals surface area contributed by atoms with Crippen molar-refractivity contribution < 1.29 is 32.6 Å². The minimum absolute atomic E-state index is 0.0319. The van der Waals surface area contributed by atoms with Gasteiger partial charge in [0.2, 0.25) is 10.0 Å². The van der Waals surface area contributed by atoms with Gasteiger partial charge in [0.1, 0.15) is 17.9 Å². The molecule has 0 bridgehead atoms. The van der Waals surface area contributed by atoms with Crippen LogP contribution in [0, 0.1) is 0 Å². The largest absolute Gasteiger partial charge is 0.496 e. The Morgan fingerprint density at radius 1 is 1.30 bits per heavy atom. The van der Waals surface area contributed by atoms with Gasteiger partial charge in [-0.15, -0.1) is 0 Å². The van der Waals surface area contributed by atoms with Gasteiger partial charge in [-0.2, -0.15) is 4.72 Å². The van der Waals surface area contributed by atoms with Crippen LogP contribution in [0.5, 0.6) is 5.75 Å². The van der Waals surface area contributed by atoms with Crippen LogP contribution in [0.15, 0.2) is 23.1 Å². The molecule has 0 aromatic heterocycles. The summed E-state index contributed by atoms with van der Waals surface area (Å²) in [6.07, 6.45) is 0. The maximum atomic E-state index is 11.9. The zero-order valence-electron chi connectivity index (χ0n) is 10.7. The van der Waals surface area contributed by atoms with E-state index in [4.69, 9.17) is 9.84 Å². The van der Waals surface area contributed by atoms with Gasteiger partial charge in [-0.05, 0) is 18.2 Å². The van der Waals surface area contributed by atoms with E-state index >= 15 is 0 Å². The third kappa shape index (κ3) is 3.68. The lowest BCUT2D eigenvalue weighted by molar-refractivity contribution is -0.139. The van der Waals surface area contributed by atoms with E-state index < -0.39 is 28.5 Å². The molecule has 0 saturated carbocycles. The van der Waals surface area contributed by atoms with E-state index in [1.165, 1.54) is 19.2 Å². The molecule has 0 spiro atoms. The first-order valence-electron chi connectivity index (χ1n) is 5.29. The Hall–Kier alpha value is -2.13. The number of esters is 1. The number of hydrogen-bond donors (Lipinski definition) is 2. The molecule has 9 heteroatoms. The molecule has 2 N–H and O–H groups in total. The summed E-state index contributed by atoms with van der Waals surface area (Å²) in [6, 6.07) is 3.34. The fourth-order valence-corrected chi connectivity index (χ4v) is 2.33. The quantitative estimate of drug-likeness (QED) is 0.701. The predicted octanol–water partition coefficient (Wildman–Crippen LogP) is -0.155. The number of carbonyl (C=O) groups is 2. The zero-order chi connectivity index (χ0) is 15.3. The summed E-state index contributed by atoms with van der Waals surface area (Å²) in [5.74, 6) is -2.06. The Bertz CT molecular complexity index is 624. The number of carboxylic acid groups (broad SMARTS) is 1. The van der Waals surface area contributed by atoms with E-state index in [1.807, 2.05) is 4.72 Å². The van der Waals surface area contributed by atoms with Gasteiger partial charge >= 0.3 is 11.9 Å². The number of benzene rings is 1. The fourth-order valence-electron chi connectivity index (χ4n) is 1.33. The number of ether oxygens (including phenoxy) is 2. The Morgan fingerprint density at radius 3 is 2.45 bits per heavy atom. The second-order valence-corrected chi connectivity index (χ2v) is 5.33. The lowest BCUT2D eigenvalue weighted by atomic mass is 10.2. The molecular weight excluding hydrogens is 290 g/mol. The first kappa shape index (κ1) is 15.9. The van der Waals surface area contributed by atoms with Gasteiger partial charge in [0.25, 0.3) is 0 Å². The van der Waals surface area contributed by atoms with Gasteiger partial charge in [-0.25, -0.2) is 13.2 Å². The Labute approximate surface area is 115 Å². The molecule has 0 fully saturated rings. The minimum atomic E-state index is -4.02. The van der Waals surface area contributed by atoms with Crippen molar-refractivity contribution in [2.45, 2.75) is 4.90 Å². The molecule has 1 rings (SSSR count). The van der Waals surface area contributed by atoms with Crippen molar-refractivity contribution in [2.75, 3.05) is 20.8 Å². The molecule has 0 atom stereocenters. The number of aromatic carboxylic acids is 1. The summed E-state index contributed by atoms with van der Waals surface area (Å²) >= 11 is 0. The fraction of sp³-hybridized carbons (Fsp3) is 0.273. The second-order valence-electron chi connectivity index (χ2n) is 3.57. The third-order valence-corrected chi connectivity index (χ3v) is 3.74. The van der Waals surface area contributed by atoms with Crippen molar-refractivity contribution in [2.24, 2.45) is 0 Å². The van der Waals surface area contributed by atoms with Gasteiger partial charge in [0.15, 0.2) is 0 Å². The van der Waals surface area contributed by atoms with Crippen molar-refractivity contribution in [3.05, 3.63) is 23.8 Å². The van der Waals surface area contributed by atoms with Gasteiger partial charge in [-0.1, -0.05) is 0 Å². The molecule has 0 aliphatic rings. The van der Waals surface area contributed by atoms with Crippen molar-refractivity contribution in [1.29, 1.82) is 0 Å². The average Bonchev–Trinajstić information content (AvgIpc) is 2.43. The number of rotatable bonds is 6. The van der Waals surface area contributed by atoms with Gasteiger partial charge < -0.3 is 14.6 Å². The van der Waals surface area contributed by atoms with E-state index in [9.17, 15) is 18.0 Å². The summed E-state index contributed by atoms with van der Waals surface area (Å²) in [7, 11) is -1.63. The van der Waals surface area contributed by atoms with Crippen LogP contribution in [0.4, 0.5) is 0 Å². The molecule has 20 heavy (non-hydrogen) atoms. The molecule has 0 radical (unpaired) electrons. The molecule has 0 aliphatic heterocycles. The summed E-state index contributed by atoms with van der Waals surface area (Å²) < 4.78 is 34.9. The molecule has 0 amide bonds. The molecule has 0 saturated heterocycles. The summed E-state index contributed by atoms with van der Waals surface area (Å²) in [5.41, 5.74) is -0.298. The summed E-state index contributed by atoms with van der Waals surface area (Å²) in [4.78, 5) is 21.6. The van der Waals surface area contributed by atoms with Crippen LogP contribution in [-0.4, -0.2) is 46.2 Å². The van der Waals surface area contributed by atoms with Crippen LogP contribution in [-0.2, 0) is 19.6 Å². The lowest BCUT2D eigenvalue weighted by Gasteiger charge is -2.09. The highest BCUT2D eigenvalue weighted by atomic mass is 32.2. The summed E-state index contributed by atoms with van der Waals surface area (Å²) in [5, 5.41) is 8.97. The molecule has 1 aromatic carbocycles. The molecule has 0 unspecified atom stereocenters. The number of sulfonamides is 1. The molecule has 8 nitrogen and oxygen atoms in total. The van der Waals surface area contributed by atoms with E-state index in [0.717, 1.165) is 13.2 Å². The second kappa shape index (κ2) is 6.35. The smallest absolute Gasteiger partial charge is 0.339 e. The van der Waals surface area contributed by atoms with E-state index in [0.29, 0.717) is 0 Å². The number of carboxylic acids is 1. The van der Waals surface area contributed by atoms with E-state index in [2.05, 4.69) is 4.74 Å². The maximum Gasteiger partial charge on any atom is 0.339 e. The van der Waals surface area contributed by atoms with Gasteiger partial charge in [-0.3, -0.25) is 4.79 Å². The topological polar surface area (TPSA) is 119 Å². The van der Waals surface area contributed by atoms with Crippen LogP contribution >= 0.6 is 0 Å². The summed E-state index contributed by atoms with van der Waals surface area (Å²) in [6.45, 7) is -0.548. The minimum Gasteiger partial charge on any atom is -0.496 e. The highest BCUT2D eigenvalue weighted by Crippen LogP contribution is 2.22. The Kier molecular flexibility index (Phi) is 5.06. The molecule has 0 heterocycles. The SMILES string of the molecule is COC(=O)CNS(=O)(=O)c1ccc(OC)c(C(=O)O)c1. The van der Waals surface area contributed by atoms with Crippen LogP contribution in [0.1, 0.15) is 10.4 Å². The van der Waals surface area contributed by atoms with Crippen LogP contribution in [0.3, 0.4) is 0 Å². The van der Waals surface area contributed by atoms with Crippen molar-refractivity contribution in [3.63, 3.8) is 0 Å². The van der Waals surface area contributed by atoms with E-state index in [-0.39, 0.29) is 16.2 Å². The third-order valence-electron chi connectivity index (χ3n) is 2.35. The van der Waals surface area contributed by atoms with Crippen molar-refractivity contribution in [3.8, 4) is 5.75 Å². The number of hydrogen-bond acceptors (Lipinski definition) is 6. The number of methoxy groups -OCH3 is 2. The Morgan fingerprint density at radius 2 is 1.95 bits per heavy atom. The molecule has 0 aliphatic carbocycles. The highest BCUT2D eigenvalue weighted by Gasteiger charge is 2.20. The van der Waals surface area contributed by atoms with Crippen LogP contribution in [0.2, 0.25) is 0 Å². The number of nitrogens with one attached hydrogen (secondary N) is 1. The van der Waals surface area contributed by atoms with Gasteiger partial charge in [0.05, 0.1) is 19.1 Å². The first-order valence-corrected chi connectivity index (χ1v) is 6.78. The lowest BCUT2D eigenvalue weighted by Crippen LogP contribution is -2.30. The van der Waals surface area contributed by atoms with E-state index in [1.54, 1.807) is 0 Å². The normalized spacial score (nSPS) is 10.9. The highest BCUT2D eigenvalue weighted by molar-refractivity contribution is 7.89. The van der Waals surface area contributed by atoms with Gasteiger partial charge in [0, 0.05) is 0 Å². The zero-order valence-corrected chi connectivity index (χ0v) is 11.6. The van der Waals surface area contributed by atoms with Crippen molar-refractivity contribution in [1.82, 2.24) is 4.72 Å². The molecule has 1 aromatic rings. The number of carbonyl (C=O) groups excluding carboxylic acids is 1. The average molecular weight is 303 g/mol. The maximum absolute atomic E-state index is 11.9. The van der Waals surface area contributed by atoms with Crippen LogP contribution < -0.4 is 9.46 Å². The molecule has 110 valence electrons. The Balaban J connectivity index is 3.10. The van der Waals surface area contributed by atoms with Crippen LogP contribution in [0.25, 0.3) is 0 Å². The predicted molar refractivity (Wildman–Crippen MR) is 67.2 cm³/mol. The van der Waals surface area contributed by atoms with Crippen molar-refractivity contribution >= 4 is 22.0 Å².